The zero-order valence-corrected chi connectivity index (χ0v) is 9.47. The highest BCUT2D eigenvalue weighted by molar-refractivity contribution is 14.1. The van der Waals surface area contributed by atoms with E-state index in [0.717, 1.165) is 15.2 Å². The number of halogens is 1. The Hall–Kier alpha value is -0.890. The first-order valence-corrected chi connectivity index (χ1v) is 5.24. The quantitative estimate of drug-likeness (QED) is 0.821. The molecule has 0 aliphatic carbocycles. The van der Waals surface area contributed by atoms with Gasteiger partial charge >= 0.3 is 0 Å². The molecule has 0 amide bonds. The monoisotopic (exact) mass is 304 g/mol. The summed E-state index contributed by atoms with van der Waals surface area (Å²) in [7, 11) is 0. The van der Waals surface area contributed by atoms with Gasteiger partial charge in [-0.3, -0.25) is 0 Å². The number of anilines is 1. The standard InChI is InChI=1S/C8H9IN4O/c9-6-5-11-8-2-1-7(10-3-4-14)12-13(6)8/h1-2,5,14H,3-4H2,(H,10,12). The average molecular weight is 304 g/mol. The lowest BCUT2D eigenvalue weighted by Gasteiger charge is -2.03. The molecule has 0 radical (unpaired) electrons. The molecule has 0 saturated carbocycles. The molecule has 0 unspecified atom stereocenters. The van der Waals surface area contributed by atoms with E-state index in [-0.39, 0.29) is 6.61 Å². The SMILES string of the molecule is OCCNc1ccc2ncc(I)n2n1. The summed E-state index contributed by atoms with van der Waals surface area (Å²) in [5.74, 6) is 0.738. The molecule has 0 aliphatic rings. The van der Waals surface area contributed by atoms with Crippen molar-refractivity contribution in [2.24, 2.45) is 0 Å². The summed E-state index contributed by atoms with van der Waals surface area (Å²) >= 11 is 2.17. The van der Waals surface area contributed by atoms with Crippen LogP contribution < -0.4 is 5.32 Å². The van der Waals surface area contributed by atoms with Crippen LogP contribution in [0.5, 0.6) is 0 Å². The molecule has 0 aromatic carbocycles. The van der Waals surface area contributed by atoms with E-state index in [4.69, 9.17) is 5.11 Å². The Morgan fingerprint density at radius 1 is 1.50 bits per heavy atom. The van der Waals surface area contributed by atoms with Crippen molar-refractivity contribution in [2.45, 2.75) is 0 Å². The minimum absolute atomic E-state index is 0.0980. The van der Waals surface area contributed by atoms with E-state index in [1.807, 2.05) is 12.1 Å². The zero-order valence-electron chi connectivity index (χ0n) is 7.31. The van der Waals surface area contributed by atoms with Crippen molar-refractivity contribution in [2.75, 3.05) is 18.5 Å². The minimum atomic E-state index is 0.0980. The summed E-state index contributed by atoms with van der Waals surface area (Å²) in [6.45, 7) is 0.602. The van der Waals surface area contributed by atoms with Crippen LogP contribution in [-0.4, -0.2) is 32.9 Å². The van der Waals surface area contributed by atoms with Crippen molar-refractivity contribution < 1.29 is 5.11 Å². The van der Waals surface area contributed by atoms with Gasteiger partial charge in [0.15, 0.2) is 5.65 Å². The third-order valence-corrected chi connectivity index (χ3v) is 2.47. The first kappa shape index (κ1) is 9.66. The summed E-state index contributed by atoms with van der Waals surface area (Å²) < 4.78 is 2.71. The highest BCUT2D eigenvalue weighted by atomic mass is 127. The Kier molecular flexibility index (Phi) is 2.82. The summed E-state index contributed by atoms with van der Waals surface area (Å²) in [6, 6.07) is 3.73. The average Bonchev–Trinajstić information content (AvgIpc) is 2.57. The van der Waals surface area contributed by atoms with Crippen LogP contribution in [0.15, 0.2) is 18.3 Å². The maximum atomic E-state index is 8.64. The Morgan fingerprint density at radius 3 is 3.14 bits per heavy atom. The molecule has 0 spiro atoms. The van der Waals surface area contributed by atoms with Gasteiger partial charge < -0.3 is 10.4 Å². The van der Waals surface area contributed by atoms with Crippen LogP contribution in [0.3, 0.4) is 0 Å². The fourth-order valence-corrected chi connectivity index (χ4v) is 1.62. The lowest BCUT2D eigenvalue weighted by molar-refractivity contribution is 0.311. The van der Waals surface area contributed by atoms with Gasteiger partial charge in [0, 0.05) is 6.54 Å². The first-order valence-electron chi connectivity index (χ1n) is 4.16. The molecule has 0 atom stereocenters. The largest absolute Gasteiger partial charge is 0.395 e. The molecule has 0 aliphatic heterocycles. The molecule has 2 aromatic heterocycles. The molecule has 74 valence electrons. The van der Waals surface area contributed by atoms with Gasteiger partial charge in [0.25, 0.3) is 0 Å². The molecule has 0 fully saturated rings. The maximum Gasteiger partial charge on any atom is 0.154 e. The van der Waals surface area contributed by atoms with Crippen molar-refractivity contribution in [1.29, 1.82) is 0 Å². The highest BCUT2D eigenvalue weighted by Gasteiger charge is 2.01. The smallest absolute Gasteiger partial charge is 0.154 e. The second kappa shape index (κ2) is 4.09. The topological polar surface area (TPSA) is 62.5 Å². The zero-order chi connectivity index (χ0) is 9.97. The molecule has 2 N–H and O–H groups in total. The van der Waals surface area contributed by atoms with Gasteiger partial charge in [-0.1, -0.05) is 0 Å². The van der Waals surface area contributed by atoms with Crippen molar-refractivity contribution >= 4 is 34.1 Å². The van der Waals surface area contributed by atoms with Crippen LogP contribution in [0.4, 0.5) is 5.82 Å². The fourth-order valence-electron chi connectivity index (χ4n) is 1.12. The predicted octanol–water partition coefficient (Wildman–Crippen LogP) is 0.738. The number of imidazole rings is 1. The second-order valence-corrected chi connectivity index (χ2v) is 3.83. The molecule has 0 bridgehead atoms. The molecule has 2 rings (SSSR count). The molecule has 6 heteroatoms. The Morgan fingerprint density at radius 2 is 2.36 bits per heavy atom. The number of nitrogens with zero attached hydrogens (tertiary/aromatic N) is 3. The van der Waals surface area contributed by atoms with Gasteiger partial charge in [-0.2, -0.15) is 0 Å². The van der Waals surface area contributed by atoms with Gasteiger partial charge in [-0.25, -0.2) is 9.50 Å². The van der Waals surface area contributed by atoms with E-state index < -0.39 is 0 Å². The van der Waals surface area contributed by atoms with Crippen LogP contribution in [0.2, 0.25) is 0 Å². The van der Waals surface area contributed by atoms with Crippen molar-refractivity contribution in [1.82, 2.24) is 14.6 Å². The van der Waals surface area contributed by atoms with Crippen LogP contribution in [0.25, 0.3) is 5.65 Å². The van der Waals surface area contributed by atoms with E-state index in [1.54, 1.807) is 10.7 Å². The van der Waals surface area contributed by atoms with Crippen LogP contribution in [0, 0.1) is 3.70 Å². The van der Waals surface area contributed by atoms with Gasteiger partial charge in [-0.15, -0.1) is 5.10 Å². The Labute approximate surface area is 94.3 Å². The van der Waals surface area contributed by atoms with Crippen LogP contribution in [0.1, 0.15) is 0 Å². The number of hydrogen-bond acceptors (Lipinski definition) is 4. The van der Waals surface area contributed by atoms with Crippen LogP contribution in [-0.2, 0) is 0 Å². The van der Waals surface area contributed by atoms with E-state index in [9.17, 15) is 0 Å². The molecule has 0 saturated heterocycles. The Bertz CT molecular complexity index is 442. The molecule has 5 nitrogen and oxygen atoms in total. The predicted molar refractivity (Wildman–Crippen MR) is 61.3 cm³/mol. The third kappa shape index (κ3) is 1.80. The van der Waals surface area contributed by atoms with E-state index in [0.29, 0.717) is 6.54 Å². The number of aromatic nitrogens is 3. The van der Waals surface area contributed by atoms with Crippen molar-refractivity contribution in [3.05, 3.63) is 22.0 Å². The minimum Gasteiger partial charge on any atom is -0.395 e. The van der Waals surface area contributed by atoms with Gasteiger partial charge in [0.1, 0.15) is 9.52 Å². The van der Waals surface area contributed by atoms with Gasteiger partial charge in [0.05, 0.1) is 12.8 Å². The fraction of sp³-hybridized carbons (Fsp3) is 0.250. The maximum absolute atomic E-state index is 8.64. The van der Waals surface area contributed by atoms with E-state index in [1.165, 1.54) is 0 Å². The second-order valence-electron chi connectivity index (χ2n) is 2.72. The first-order chi connectivity index (χ1) is 6.81. The Balaban J connectivity index is 2.34. The number of rotatable bonds is 3. The molecular weight excluding hydrogens is 295 g/mol. The summed E-state index contributed by atoms with van der Waals surface area (Å²) in [5, 5.41) is 15.9. The lowest BCUT2D eigenvalue weighted by Crippen LogP contribution is -2.08. The number of aliphatic hydroxyl groups is 1. The van der Waals surface area contributed by atoms with Crippen molar-refractivity contribution in [3.8, 4) is 0 Å². The number of nitrogens with one attached hydrogen (secondary N) is 1. The van der Waals surface area contributed by atoms with E-state index in [2.05, 4.69) is 38.0 Å². The van der Waals surface area contributed by atoms with E-state index >= 15 is 0 Å². The summed E-state index contributed by atoms with van der Waals surface area (Å²) in [5.41, 5.74) is 0.823. The highest BCUT2D eigenvalue weighted by Crippen LogP contribution is 2.10. The number of fused-ring (bicyclic) bond motifs is 1. The third-order valence-electron chi connectivity index (χ3n) is 1.74. The number of hydrogen-bond donors (Lipinski definition) is 2. The normalized spacial score (nSPS) is 10.7. The molecule has 2 heterocycles. The van der Waals surface area contributed by atoms with Gasteiger partial charge in [0.2, 0.25) is 0 Å². The lowest BCUT2D eigenvalue weighted by atomic mass is 10.5. The van der Waals surface area contributed by atoms with Gasteiger partial charge in [-0.05, 0) is 34.7 Å². The molecular formula is C8H9IN4O. The molecule has 14 heavy (non-hydrogen) atoms. The number of aliphatic hydroxyl groups excluding tert-OH is 1. The molecule has 2 aromatic rings. The van der Waals surface area contributed by atoms with Crippen molar-refractivity contribution in [3.63, 3.8) is 0 Å². The summed E-state index contributed by atoms with van der Waals surface area (Å²) in [4.78, 5) is 4.16. The summed E-state index contributed by atoms with van der Waals surface area (Å²) in [6.07, 6.45) is 1.76. The van der Waals surface area contributed by atoms with Crippen LogP contribution >= 0.6 is 22.6 Å².